The van der Waals surface area contributed by atoms with Crippen molar-refractivity contribution >= 4 is 0 Å². The number of nitrogens with one attached hydrogen (secondary N) is 1. The van der Waals surface area contributed by atoms with Gasteiger partial charge in [0.2, 0.25) is 0 Å². The highest BCUT2D eigenvalue weighted by Gasteiger charge is 2.34. The summed E-state index contributed by atoms with van der Waals surface area (Å²) in [5.74, 6) is 0.896. The molecule has 0 aliphatic heterocycles. The summed E-state index contributed by atoms with van der Waals surface area (Å²) in [6, 6.07) is 0. The summed E-state index contributed by atoms with van der Waals surface area (Å²) in [7, 11) is 4.16. The van der Waals surface area contributed by atoms with E-state index in [0.717, 1.165) is 25.6 Å². The molecule has 0 aromatic heterocycles. The molecule has 1 aliphatic rings. The summed E-state index contributed by atoms with van der Waals surface area (Å²) in [4.78, 5) is 2.27. The average molecular weight is 228 g/mol. The minimum absolute atomic E-state index is 0.266. The standard InChI is InChI=1S/C13H28N2O/c1-12-4-6-13(7-5-12,10-14-2)11-15(3)8-9-16/h12,14,16H,4-11H2,1-3H3. The van der Waals surface area contributed by atoms with Crippen molar-refractivity contribution in [2.75, 3.05) is 40.3 Å². The third kappa shape index (κ3) is 4.04. The number of hydrogen-bond donors (Lipinski definition) is 2. The van der Waals surface area contributed by atoms with E-state index in [4.69, 9.17) is 5.11 Å². The number of aliphatic hydroxyl groups is 1. The van der Waals surface area contributed by atoms with Gasteiger partial charge in [-0.05, 0) is 38.3 Å². The molecular weight excluding hydrogens is 200 g/mol. The van der Waals surface area contributed by atoms with Crippen LogP contribution in [0.15, 0.2) is 0 Å². The molecule has 0 radical (unpaired) electrons. The van der Waals surface area contributed by atoms with Gasteiger partial charge in [-0.2, -0.15) is 0 Å². The van der Waals surface area contributed by atoms with E-state index >= 15 is 0 Å². The largest absolute Gasteiger partial charge is 0.395 e. The summed E-state index contributed by atoms with van der Waals surface area (Å²) >= 11 is 0. The van der Waals surface area contributed by atoms with Crippen LogP contribution in [0.2, 0.25) is 0 Å². The Kier molecular flexibility index (Phi) is 5.73. The van der Waals surface area contributed by atoms with Crippen LogP contribution in [0.1, 0.15) is 32.6 Å². The van der Waals surface area contributed by atoms with Gasteiger partial charge in [0.25, 0.3) is 0 Å². The minimum atomic E-state index is 0.266. The lowest BCUT2D eigenvalue weighted by atomic mass is 9.70. The van der Waals surface area contributed by atoms with Gasteiger partial charge < -0.3 is 15.3 Å². The lowest BCUT2D eigenvalue weighted by Gasteiger charge is -2.42. The highest BCUT2D eigenvalue weighted by atomic mass is 16.3. The highest BCUT2D eigenvalue weighted by molar-refractivity contribution is 4.88. The van der Waals surface area contributed by atoms with Crippen molar-refractivity contribution in [3.63, 3.8) is 0 Å². The van der Waals surface area contributed by atoms with Crippen LogP contribution in [0.3, 0.4) is 0 Å². The van der Waals surface area contributed by atoms with Gasteiger partial charge >= 0.3 is 0 Å². The Balaban J connectivity index is 2.51. The molecule has 0 heterocycles. The number of rotatable bonds is 6. The van der Waals surface area contributed by atoms with Crippen molar-refractivity contribution < 1.29 is 5.11 Å². The summed E-state index contributed by atoms with van der Waals surface area (Å²) in [5.41, 5.74) is 0.436. The summed E-state index contributed by atoms with van der Waals surface area (Å²) < 4.78 is 0. The van der Waals surface area contributed by atoms with E-state index in [9.17, 15) is 0 Å². The first-order valence-corrected chi connectivity index (χ1v) is 6.56. The first kappa shape index (κ1) is 13.9. The Morgan fingerprint density at radius 3 is 2.50 bits per heavy atom. The van der Waals surface area contributed by atoms with Gasteiger partial charge in [0.1, 0.15) is 0 Å². The number of likely N-dealkylation sites (N-methyl/N-ethyl adjacent to an activating group) is 1. The summed E-state index contributed by atoms with van der Waals surface area (Å²) in [6.07, 6.45) is 5.36. The van der Waals surface area contributed by atoms with Gasteiger partial charge in [-0.1, -0.05) is 19.8 Å². The van der Waals surface area contributed by atoms with Gasteiger partial charge in [0.05, 0.1) is 6.61 Å². The molecule has 0 saturated heterocycles. The number of aliphatic hydroxyl groups excluding tert-OH is 1. The fraction of sp³-hybridized carbons (Fsp3) is 1.00. The molecule has 0 unspecified atom stereocenters. The van der Waals surface area contributed by atoms with E-state index in [1.165, 1.54) is 25.7 Å². The van der Waals surface area contributed by atoms with Gasteiger partial charge in [-0.15, -0.1) is 0 Å². The lowest BCUT2D eigenvalue weighted by molar-refractivity contribution is 0.0914. The Labute approximate surface area is 100 Å². The number of nitrogens with zero attached hydrogens (tertiary/aromatic N) is 1. The van der Waals surface area contributed by atoms with Crippen LogP contribution in [0.5, 0.6) is 0 Å². The van der Waals surface area contributed by atoms with E-state index in [-0.39, 0.29) is 6.61 Å². The first-order valence-electron chi connectivity index (χ1n) is 6.56. The second kappa shape index (κ2) is 6.58. The maximum atomic E-state index is 8.96. The van der Waals surface area contributed by atoms with Crippen molar-refractivity contribution in [3.05, 3.63) is 0 Å². The SMILES string of the molecule is CNCC1(CN(C)CCO)CCC(C)CC1. The second-order valence-corrected chi connectivity index (χ2v) is 5.67. The molecule has 0 aromatic rings. The molecule has 0 aromatic carbocycles. The molecule has 0 atom stereocenters. The quantitative estimate of drug-likeness (QED) is 0.720. The van der Waals surface area contributed by atoms with Crippen LogP contribution in [-0.4, -0.2) is 50.3 Å². The van der Waals surface area contributed by atoms with E-state index in [0.29, 0.717) is 5.41 Å². The van der Waals surface area contributed by atoms with Crippen LogP contribution in [0.4, 0.5) is 0 Å². The zero-order valence-corrected chi connectivity index (χ0v) is 11.1. The highest BCUT2D eigenvalue weighted by Crippen LogP contribution is 2.38. The smallest absolute Gasteiger partial charge is 0.0558 e. The summed E-state index contributed by atoms with van der Waals surface area (Å²) in [5, 5.41) is 12.3. The van der Waals surface area contributed by atoms with Crippen LogP contribution < -0.4 is 5.32 Å². The Morgan fingerprint density at radius 1 is 1.38 bits per heavy atom. The molecule has 3 nitrogen and oxygen atoms in total. The monoisotopic (exact) mass is 228 g/mol. The zero-order chi connectivity index (χ0) is 12.0. The maximum absolute atomic E-state index is 8.96. The first-order chi connectivity index (χ1) is 7.62. The molecule has 0 spiro atoms. The third-order valence-electron chi connectivity index (χ3n) is 3.97. The predicted molar refractivity (Wildman–Crippen MR) is 68.6 cm³/mol. The molecule has 16 heavy (non-hydrogen) atoms. The summed E-state index contributed by atoms with van der Waals surface area (Å²) in [6.45, 7) is 5.64. The van der Waals surface area contributed by atoms with Crippen molar-refractivity contribution in [1.82, 2.24) is 10.2 Å². The fourth-order valence-electron chi connectivity index (χ4n) is 2.96. The maximum Gasteiger partial charge on any atom is 0.0558 e. The van der Waals surface area contributed by atoms with E-state index in [1.54, 1.807) is 0 Å². The van der Waals surface area contributed by atoms with Crippen molar-refractivity contribution in [2.24, 2.45) is 11.3 Å². The molecule has 2 N–H and O–H groups in total. The van der Waals surface area contributed by atoms with Gasteiger partial charge in [0, 0.05) is 19.6 Å². The van der Waals surface area contributed by atoms with Crippen molar-refractivity contribution in [2.45, 2.75) is 32.6 Å². The molecule has 3 heteroatoms. The Hall–Kier alpha value is -0.120. The van der Waals surface area contributed by atoms with E-state index < -0.39 is 0 Å². The van der Waals surface area contributed by atoms with Gasteiger partial charge in [0.15, 0.2) is 0 Å². The molecule has 1 saturated carbocycles. The Morgan fingerprint density at radius 2 is 2.00 bits per heavy atom. The Bertz CT molecular complexity index is 188. The fourth-order valence-corrected chi connectivity index (χ4v) is 2.96. The topological polar surface area (TPSA) is 35.5 Å². The predicted octanol–water partition coefficient (Wildman–Crippen LogP) is 1.33. The number of hydrogen-bond acceptors (Lipinski definition) is 3. The van der Waals surface area contributed by atoms with Crippen molar-refractivity contribution in [3.8, 4) is 0 Å². The van der Waals surface area contributed by atoms with Crippen molar-refractivity contribution in [1.29, 1.82) is 0 Å². The van der Waals surface area contributed by atoms with E-state index in [2.05, 4.69) is 24.2 Å². The van der Waals surface area contributed by atoms with Crippen LogP contribution in [-0.2, 0) is 0 Å². The molecule has 1 fully saturated rings. The molecule has 1 rings (SSSR count). The van der Waals surface area contributed by atoms with Crippen LogP contribution in [0, 0.1) is 11.3 Å². The zero-order valence-electron chi connectivity index (χ0n) is 11.1. The molecular formula is C13H28N2O. The van der Waals surface area contributed by atoms with E-state index in [1.807, 2.05) is 7.05 Å². The normalized spacial score (nSPS) is 30.9. The lowest BCUT2D eigenvalue weighted by Crippen LogP contribution is -2.45. The molecule has 0 amide bonds. The average Bonchev–Trinajstić information content (AvgIpc) is 2.23. The molecule has 1 aliphatic carbocycles. The minimum Gasteiger partial charge on any atom is -0.395 e. The third-order valence-corrected chi connectivity index (χ3v) is 3.97. The van der Waals surface area contributed by atoms with Crippen LogP contribution in [0.25, 0.3) is 0 Å². The second-order valence-electron chi connectivity index (χ2n) is 5.67. The molecule has 96 valence electrons. The van der Waals surface area contributed by atoms with Gasteiger partial charge in [-0.3, -0.25) is 0 Å². The van der Waals surface area contributed by atoms with Gasteiger partial charge in [-0.25, -0.2) is 0 Å². The van der Waals surface area contributed by atoms with Crippen LogP contribution >= 0.6 is 0 Å². The molecule has 0 bridgehead atoms.